The van der Waals surface area contributed by atoms with E-state index in [1.54, 1.807) is 18.2 Å². The first-order valence-electron chi connectivity index (χ1n) is 8.98. The summed E-state index contributed by atoms with van der Waals surface area (Å²) in [6.07, 6.45) is 1.25. The fourth-order valence-corrected chi connectivity index (χ4v) is 4.86. The number of fused-ring (bicyclic) bond motifs is 1. The number of carbonyl (C=O) groups excluding carboxylic acids is 2. The highest BCUT2D eigenvalue weighted by atomic mass is 35.5. The number of benzene rings is 2. The predicted molar refractivity (Wildman–Crippen MR) is 109 cm³/mol. The molecule has 1 atom stereocenters. The van der Waals surface area contributed by atoms with E-state index in [-0.39, 0.29) is 23.8 Å². The predicted octanol–water partition coefficient (Wildman–Crippen LogP) is 4.61. The number of esters is 1. The standard InChI is InChI=1S/C21H18ClNO4S/c22-19-14-7-2-4-10-17(14)28-18(19)12-27-21(26)15-8-5-11-23(15)20(25)13-6-1-3-9-16(13)24/h1-4,6-7,9-10,15,24H,5,8,11-12H2. The summed E-state index contributed by atoms with van der Waals surface area (Å²) in [6, 6.07) is 13.4. The van der Waals surface area contributed by atoms with Crippen LogP contribution in [0, 0.1) is 0 Å². The highest BCUT2D eigenvalue weighted by Crippen LogP contribution is 2.35. The number of phenolic OH excluding ortho intramolecular Hbond substituents is 1. The molecular weight excluding hydrogens is 398 g/mol. The maximum absolute atomic E-state index is 12.8. The number of hydrogen-bond acceptors (Lipinski definition) is 5. The lowest BCUT2D eigenvalue weighted by atomic mass is 10.1. The summed E-state index contributed by atoms with van der Waals surface area (Å²) < 4.78 is 6.54. The highest BCUT2D eigenvalue weighted by molar-refractivity contribution is 7.19. The van der Waals surface area contributed by atoms with Crippen molar-refractivity contribution in [3.8, 4) is 5.75 Å². The topological polar surface area (TPSA) is 66.8 Å². The van der Waals surface area contributed by atoms with Crippen LogP contribution in [0.3, 0.4) is 0 Å². The first-order valence-corrected chi connectivity index (χ1v) is 10.2. The highest BCUT2D eigenvalue weighted by Gasteiger charge is 2.36. The number of ether oxygens (including phenoxy) is 1. The smallest absolute Gasteiger partial charge is 0.329 e. The third kappa shape index (κ3) is 3.45. The van der Waals surface area contributed by atoms with Crippen molar-refractivity contribution >= 4 is 44.9 Å². The molecule has 28 heavy (non-hydrogen) atoms. The van der Waals surface area contributed by atoms with E-state index < -0.39 is 12.0 Å². The molecule has 2 aromatic carbocycles. The summed E-state index contributed by atoms with van der Waals surface area (Å²) >= 11 is 7.90. The number of hydrogen-bond donors (Lipinski definition) is 1. The van der Waals surface area contributed by atoms with Gasteiger partial charge in [-0.05, 0) is 31.0 Å². The number of thiophene rings is 1. The second-order valence-electron chi connectivity index (χ2n) is 6.62. The number of amides is 1. The third-order valence-electron chi connectivity index (χ3n) is 4.87. The zero-order valence-electron chi connectivity index (χ0n) is 14.9. The van der Waals surface area contributed by atoms with Crippen molar-refractivity contribution in [3.05, 3.63) is 64.0 Å². The van der Waals surface area contributed by atoms with Crippen LogP contribution in [0.1, 0.15) is 28.1 Å². The molecule has 3 aromatic rings. The quantitative estimate of drug-likeness (QED) is 0.632. The van der Waals surface area contributed by atoms with Crippen LogP contribution in [0.15, 0.2) is 48.5 Å². The van der Waals surface area contributed by atoms with Crippen molar-refractivity contribution in [1.29, 1.82) is 0 Å². The van der Waals surface area contributed by atoms with Gasteiger partial charge in [0.15, 0.2) is 0 Å². The molecule has 144 valence electrons. The number of likely N-dealkylation sites (tertiary alicyclic amines) is 1. The molecule has 1 aliphatic rings. The molecule has 2 heterocycles. The van der Waals surface area contributed by atoms with Crippen LogP contribution in [0.25, 0.3) is 10.1 Å². The van der Waals surface area contributed by atoms with Gasteiger partial charge in [-0.2, -0.15) is 0 Å². The summed E-state index contributed by atoms with van der Waals surface area (Å²) in [5.74, 6) is -0.907. The number of para-hydroxylation sites is 1. The van der Waals surface area contributed by atoms with E-state index >= 15 is 0 Å². The van der Waals surface area contributed by atoms with Crippen molar-refractivity contribution in [3.63, 3.8) is 0 Å². The number of nitrogens with zero attached hydrogens (tertiary/aromatic N) is 1. The summed E-state index contributed by atoms with van der Waals surface area (Å²) in [5, 5.41) is 11.5. The molecule has 1 aliphatic heterocycles. The molecule has 5 nitrogen and oxygen atoms in total. The lowest BCUT2D eigenvalue weighted by Gasteiger charge is -2.23. The lowest BCUT2D eigenvalue weighted by Crippen LogP contribution is -2.41. The van der Waals surface area contributed by atoms with Gasteiger partial charge >= 0.3 is 5.97 Å². The number of rotatable bonds is 4. The SMILES string of the molecule is O=C(OCc1sc2ccccc2c1Cl)C1CCCN1C(=O)c1ccccc1O. The molecule has 0 aliphatic carbocycles. The number of carbonyl (C=O) groups is 2. The van der Waals surface area contributed by atoms with E-state index in [1.165, 1.54) is 22.3 Å². The molecular formula is C21H18ClNO4S. The van der Waals surface area contributed by atoms with E-state index in [0.29, 0.717) is 24.4 Å². The Morgan fingerprint density at radius 1 is 1.18 bits per heavy atom. The molecule has 4 rings (SSSR count). The van der Waals surface area contributed by atoms with Gasteiger partial charge in [-0.25, -0.2) is 4.79 Å². The minimum Gasteiger partial charge on any atom is -0.507 e. The van der Waals surface area contributed by atoms with Gasteiger partial charge in [0.25, 0.3) is 5.91 Å². The summed E-state index contributed by atoms with van der Waals surface area (Å²) in [4.78, 5) is 27.7. The Balaban J connectivity index is 1.47. The monoisotopic (exact) mass is 415 g/mol. The van der Waals surface area contributed by atoms with Gasteiger partial charge in [0, 0.05) is 16.6 Å². The minimum atomic E-state index is -0.653. The van der Waals surface area contributed by atoms with Crippen LogP contribution in [0.5, 0.6) is 5.75 Å². The van der Waals surface area contributed by atoms with Gasteiger partial charge in [-0.1, -0.05) is 41.9 Å². The lowest BCUT2D eigenvalue weighted by molar-refractivity contribution is -0.149. The molecule has 0 saturated carbocycles. The largest absolute Gasteiger partial charge is 0.507 e. The third-order valence-corrected chi connectivity index (χ3v) is 6.56. The van der Waals surface area contributed by atoms with Gasteiger partial charge in [0.05, 0.1) is 15.5 Å². The van der Waals surface area contributed by atoms with E-state index in [4.69, 9.17) is 16.3 Å². The van der Waals surface area contributed by atoms with Crippen molar-refractivity contribution in [1.82, 2.24) is 4.90 Å². The first-order chi connectivity index (χ1) is 13.6. The molecule has 0 bridgehead atoms. The van der Waals surface area contributed by atoms with Crippen LogP contribution >= 0.6 is 22.9 Å². The fraction of sp³-hybridized carbons (Fsp3) is 0.238. The normalized spacial score (nSPS) is 16.5. The molecule has 1 N–H and O–H groups in total. The molecule has 7 heteroatoms. The Morgan fingerprint density at radius 3 is 2.71 bits per heavy atom. The molecule has 0 radical (unpaired) electrons. The Kier molecular flexibility index (Phi) is 5.24. The van der Waals surface area contributed by atoms with Crippen LogP contribution < -0.4 is 0 Å². The van der Waals surface area contributed by atoms with Gasteiger partial charge in [0.1, 0.15) is 18.4 Å². The van der Waals surface area contributed by atoms with Crippen LogP contribution in [0.2, 0.25) is 5.02 Å². The summed E-state index contributed by atoms with van der Waals surface area (Å²) in [7, 11) is 0. The van der Waals surface area contributed by atoms with Gasteiger partial charge in [0.2, 0.25) is 0 Å². The number of phenols is 1. The van der Waals surface area contributed by atoms with Crippen molar-refractivity contribution < 1.29 is 19.4 Å². The van der Waals surface area contributed by atoms with Gasteiger partial charge in [-0.3, -0.25) is 4.79 Å². The average molecular weight is 416 g/mol. The molecule has 1 saturated heterocycles. The fourth-order valence-electron chi connectivity index (χ4n) is 3.45. The molecule has 1 aromatic heterocycles. The van der Waals surface area contributed by atoms with E-state index in [0.717, 1.165) is 15.0 Å². The summed E-state index contributed by atoms with van der Waals surface area (Å²) in [6.45, 7) is 0.530. The van der Waals surface area contributed by atoms with Crippen molar-refractivity contribution in [2.24, 2.45) is 0 Å². The van der Waals surface area contributed by atoms with E-state index in [9.17, 15) is 14.7 Å². The van der Waals surface area contributed by atoms with Crippen LogP contribution in [-0.4, -0.2) is 34.5 Å². The zero-order chi connectivity index (χ0) is 19.7. The van der Waals surface area contributed by atoms with E-state index in [1.807, 2.05) is 24.3 Å². The molecule has 0 spiro atoms. The Morgan fingerprint density at radius 2 is 1.93 bits per heavy atom. The molecule has 1 amide bonds. The average Bonchev–Trinajstić information content (AvgIpc) is 3.31. The maximum atomic E-state index is 12.8. The minimum absolute atomic E-state index is 0.0755. The van der Waals surface area contributed by atoms with Crippen molar-refractivity contribution in [2.45, 2.75) is 25.5 Å². The zero-order valence-corrected chi connectivity index (χ0v) is 16.5. The second kappa shape index (κ2) is 7.81. The Bertz CT molecular complexity index is 1050. The molecule has 1 fully saturated rings. The van der Waals surface area contributed by atoms with Crippen LogP contribution in [0.4, 0.5) is 0 Å². The Hall–Kier alpha value is -2.57. The van der Waals surface area contributed by atoms with Gasteiger partial charge in [-0.15, -0.1) is 11.3 Å². The van der Waals surface area contributed by atoms with E-state index in [2.05, 4.69) is 0 Å². The van der Waals surface area contributed by atoms with Gasteiger partial charge < -0.3 is 14.7 Å². The van der Waals surface area contributed by atoms with Crippen LogP contribution in [-0.2, 0) is 16.1 Å². The Labute approximate surface area is 171 Å². The number of aromatic hydroxyl groups is 1. The maximum Gasteiger partial charge on any atom is 0.329 e. The molecule has 1 unspecified atom stereocenters. The second-order valence-corrected chi connectivity index (χ2v) is 8.13. The van der Waals surface area contributed by atoms with Crippen molar-refractivity contribution in [2.75, 3.05) is 6.54 Å². The number of halogens is 1. The summed E-state index contributed by atoms with van der Waals surface area (Å²) in [5.41, 5.74) is 0.190. The first kappa shape index (κ1) is 18.8.